The number of aromatic nitrogens is 2. The highest BCUT2D eigenvalue weighted by Gasteiger charge is 2.08. The third-order valence-corrected chi connectivity index (χ3v) is 5.02. The monoisotopic (exact) mass is 405 g/mol. The van der Waals surface area contributed by atoms with Gasteiger partial charge in [-0.1, -0.05) is 63.4 Å². The Labute approximate surface area is 171 Å². The normalized spacial score (nSPS) is 11.8. The zero-order chi connectivity index (χ0) is 20.0. The number of hydrazine groups is 1. The number of carbonyl (C=O) groups is 1. The van der Waals surface area contributed by atoms with Gasteiger partial charge in [0, 0.05) is 36.9 Å². The average Bonchev–Trinajstić information content (AvgIpc) is 3.21. The maximum absolute atomic E-state index is 11.8. The molecule has 3 N–H and O–H groups in total. The minimum absolute atomic E-state index is 0.300. The van der Waals surface area contributed by atoms with Crippen LogP contribution >= 0.6 is 11.5 Å². The van der Waals surface area contributed by atoms with Gasteiger partial charge in [0.25, 0.3) is 0 Å². The zero-order valence-corrected chi connectivity index (χ0v) is 17.6. The SMILES string of the molecule is CCCCC(CC)COCCCNC(=O)NNc1nc(-c2ccccc2)ns1. The molecular formula is C20H31N5O2S. The largest absolute Gasteiger partial charge is 0.381 e. The first-order valence-electron chi connectivity index (χ1n) is 9.99. The Kier molecular flexibility index (Phi) is 10.3. The van der Waals surface area contributed by atoms with E-state index in [1.54, 1.807) is 0 Å². The maximum Gasteiger partial charge on any atom is 0.333 e. The molecule has 0 radical (unpaired) electrons. The van der Waals surface area contributed by atoms with Crippen LogP contribution in [0.4, 0.5) is 9.93 Å². The lowest BCUT2D eigenvalue weighted by Crippen LogP contribution is -2.39. The van der Waals surface area contributed by atoms with E-state index in [0.29, 0.717) is 30.0 Å². The van der Waals surface area contributed by atoms with E-state index in [1.807, 2.05) is 30.3 Å². The first-order chi connectivity index (χ1) is 13.7. The Bertz CT molecular complexity index is 680. The van der Waals surface area contributed by atoms with Gasteiger partial charge in [-0.2, -0.15) is 9.36 Å². The van der Waals surface area contributed by atoms with E-state index in [1.165, 1.54) is 30.8 Å². The molecule has 2 rings (SSSR count). The molecule has 0 saturated heterocycles. The molecule has 0 spiro atoms. The lowest BCUT2D eigenvalue weighted by atomic mass is 10.0. The van der Waals surface area contributed by atoms with E-state index in [-0.39, 0.29) is 6.03 Å². The predicted molar refractivity (Wildman–Crippen MR) is 114 cm³/mol. The molecule has 0 aliphatic heterocycles. The van der Waals surface area contributed by atoms with E-state index < -0.39 is 0 Å². The fourth-order valence-electron chi connectivity index (χ4n) is 2.66. The highest BCUT2D eigenvalue weighted by atomic mass is 32.1. The fraction of sp³-hybridized carbons (Fsp3) is 0.550. The number of benzene rings is 1. The number of amides is 2. The highest BCUT2D eigenvalue weighted by Crippen LogP contribution is 2.19. The van der Waals surface area contributed by atoms with Gasteiger partial charge in [-0.15, -0.1) is 0 Å². The summed E-state index contributed by atoms with van der Waals surface area (Å²) in [7, 11) is 0. The van der Waals surface area contributed by atoms with E-state index in [2.05, 4.69) is 39.4 Å². The van der Waals surface area contributed by atoms with Gasteiger partial charge in [0.15, 0.2) is 5.82 Å². The van der Waals surface area contributed by atoms with E-state index in [4.69, 9.17) is 4.74 Å². The van der Waals surface area contributed by atoms with Crippen LogP contribution in [0, 0.1) is 5.92 Å². The maximum atomic E-state index is 11.8. The van der Waals surface area contributed by atoms with Gasteiger partial charge in [0.05, 0.1) is 0 Å². The minimum Gasteiger partial charge on any atom is -0.381 e. The van der Waals surface area contributed by atoms with Crippen molar-refractivity contribution >= 4 is 22.7 Å². The summed E-state index contributed by atoms with van der Waals surface area (Å²) in [6.07, 6.45) is 5.67. The first-order valence-corrected chi connectivity index (χ1v) is 10.8. The van der Waals surface area contributed by atoms with Gasteiger partial charge in [-0.3, -0.25) is 5.43 Å². The molecule has 2 amide bonds. The second-order valence-corrected chi connectivity index (χ2v) is 7.39. The molecule has 1 heterocycles. The second kappa shape index (κ2) is 13.1. The second-order valence-electron chi connectivity index (χ2n) is 6.64. The Hall–Kier alpha value is -2.19. The van der Waals surface area contributed by atoms with Crippen LogP contribution in [0.2, 0.25) is 0 Å². The number of anilines is 1. The molecule has 1 unspecified atom stereocenters. The molecule has 0 saturated carbocycles. The molecule has 28 heavy (non-hydrogen) atoms. The molecule has 0 fully saturated rings. The van der Waals surface area contributed by atoms with Crippen molar-refractivity contribution in [3.8, 4) is 11.4 Å². The number of urea groups is 1. The van der Waals surface area contributed by atoms with Crippen LogP contribution in [-0.4, -0.2) is 35.1 Å². The van der Waals surface area contributed by atoms with Gasteiger partial charge in [0.2, 0.25) is 5.13 Å². The standard InChI is InChI=1S/C20H31N5O2S/c1-3-5-10-16(4-2)15-27-14-9-13-21-19(26)23-24-20-22-18(25-28-20)17-11-7-6-8-12-17/h6-8,11-12,16H,3-5,9-10,13-15H2,1-2H3,(H2,21,23,26)(H,22,24,25). The number of hydrogen-bond donors (Lipinski definition) is 3. The van der Waals surface area contributed by atoms with Crippen LogP contribution in [0.5, 0.6) is 0 Å². The van der Waals surface area contributed by atoms with Crippen LogP contribution in [0.25, 0.3) is 11.4 Å². The Morgan fingerprint density at radius 1 is 1.21 bits per heavy atom. The third kappa shape index (κ3) is 8.22. The van der Waals surface area contributed by atoms with Crippen LogP contribution < -0.4 is 16.2 Å². The van der Waals surface area contributed by atoms with Crippen LogP contribution in [0.3, 0.4) is 0 Å². The summed E-state index contributed by atoms with van der Waals surface area (Å²) in [5.41, 5.74) is 6.29. The summed E-state index contributed by atoms with van der Waals surface area (Å²) < 4.78 is 10.0. The number of hydrogen-bond acceptors (Lipinski definition) is 6. The Morgan fingerprint density at radius 2 is 2.04 bits per heavy atom. The molecule has 154 valence electrons. The molecule has 2 aromatic rings. The molecule has 0 bridgehead atoms. The van der Waals surface area contributed by atoms with Gasteiger partial charge >= 0.3 is 6.03 Å². The quantitative estimate of drug-likeness (QED) is 0.338. The van der Waals surface area contributed by atoms with Gasteiger partial charge in [-0.25, -0.2) is 10.2 Å². The number of rotatable bonds is 13. The first kappa shape index (κ1) is 22.1. The van der Waals surface area contributed by atoms with Crippen LogP contribution in [0.15, 0.2) is 30.3 Å². The summed E-state index contributed by atoms with van der Waals surface area (Å²) in [6.45, 7) is 6.46. The summed E-state index contributed by atoms with van der Waals surface area (Å²) in [5, 5.41) is 3.33. The smallest absolute Gasteiger partial charge is 0.333 e. The Balaban J connectivity index is 1.55. The summed E-state index contributed by atoms with van der Waals surface area (Å²) in [6, 6.07) is 9.41. The summed E-state index contributed by atoms with van der Waals surface area (Å²) >= 11 is 1.20. The predicted octanol–water partition coefficient (Wildman–Crippen LogP) is 4.45. The third-order valence-electron chi connectivity index (χ3n) is 4.39. The molecule has 1 aromatic heterocycles. The van der Waals surface area contributed by atoms with Gasteiger partial charge < -0.3 is 10.1 Å². The summed E-state index contributed by atoms with van der Waals surface area (Å²) in [5.74, 6) is 1.28. The van der Waals surface area contributed by atoms with Crippen LogP contribution in [0.1, 0.15) is 46.0 Å². The zero-order valence-electron chi connectivity index (χ0n) is 16.7. The number of nitrogens with zero attached hydrogens (tertiary/aromatic N) is 2. The molecular weight excluding hydrogens is 374 g/mol. The van der Waals surface area contributed by atoms with Crippen molar-refractivity contribution < 1.29 is 9.53 Å². The van der Waals surface area contributed by atoms with Crippen molar-refractivity contribution in [2.24, 2.45) is 5.92 Å². The number of unbranched alkanes of at least 4 members (excludes halogenated alkanes) is 1. The molecule has 8 heteroatoms. The molecule has 1 atom stereocenters. The highest BCUT2D eigenvalue weighted by molar-refractivity contribution is 7.09. The van der Waals surface area contributed by atoms with Crippen molar-refractivity contribution in [2.45, 2.75) is 46.0 Å². The average molecular weight is 406 g/mol. The van der Waals surface area contributed by atoms with E-state index >= 15 is 0 Å². The van der Waals surface area contributed by atoms with Crippen molar-refractivity contribution in [1.29, 1.82) is 0 Å². The number of nitrogens with one attached hydrogen (secondary N) is 3. The van der Waals surface area contributed by atoms with Crippen molar-refractivity contribution in [1.82, 2.24) is 20.1 Å². The topological polar surface area (TPSA) is 88.2 Å². The Morgan fingerprint density at radius 3 is 2.79 bits per heavy atom. The number of carbonyl (C=O) groups excluding carboxylic acids is 1. The molecule has 7 nitrogen and oxygen atoms in total. The van der Waals surface area contributed by atoms with E-state index in [0.717, 1.165) is 25.0 Å². The minimum atomic E-state index is -0.300. The molecule has 0 aliphatic rings. The number of ether oxygens (including phenoxy) is 1. The lowest BCUT2D eigenvalue weighted by Gasteiger charge is -2.14. The van der Waals surface area contributed by atoms with Crippen molar-refractivity contribution in [2.75, 3.05) is 25.2 Å². The van der Waals surface area contributed by atoms with Crippen molar-refractivity contribution in [3.05, 3.63) is 30.3 Å². The van der Waals surface area contributed by atoms with Crippen LogP contribution in [-0.2, 0) is 4.74 Å². The molecule has 1 aromatic carbocycles. The van der Waals surface area contributed by atoms with Gasteiger partial charge in [-0.05, 0) is 18.8 Å². The fourth-order valence-corrected chi connectivity index (χ4v) is 3.20. The van der Waals surface area contributed by atoms with Gasteiger partial charge in [0.1, 0.15) is 0 Å². The summed E-state index contributed by atoms with van der Waals surface area (Å²) in [4.78, 5) is 16.2. The molecule has 0 aliphatic carbocycles. The lowest BCUT2D eigenvalue weighted by molar-refractivity contribution is 0.0924. The van der Waals surface area contributed by atoms with Crippen molar-refractivity contribution in [3.63, 3.8) is 0 Å². The van der Waals surface area contributed by atoms with E-state index in [9.17, 15) is 4.79 Å².